The van der Waals surface area contributed by atoms with Gasteiger partial charge in [-0.15, -0.1) is 11.3 Å². The Bertz CT molecular complexity index is 866. The molecule has 0 fully saturated rings. The van der Waals surface area contributed by atoms with Gasteiger partial charge in [-0.2, -0.15) is 5.10 Å². The average molecular weight is 328 g/mol. The number of aromatic nitrogens is 2. The number of para-hydroxylation sites is 1. The van der Waals surface area contributed by atoms with Crippen LogP contribution in [0.3, 0.4) is 0 Å². The Hall–Kier alpha value is -2.67. The lowest BCUT2D eigenvalue weighted by atomic mass is 10.2. The second-order valence-electron chi connectivity index (χ2n) is 4.98. The van der Waals surface area contributed by atoms with E-state index in [9.17, 15) is 4.79 Å². The molecule has 0 radical (unpaired) electrons. The number of anilines is 1. The van der Waals surface area contributed by atoms with Gasteiger partial charge in [0.05, 0.1) is 25.4 Å². The molecule has 0 saturated heterocycles. The Morgan fingerprint density at radius 1 is 1.48 bits per heavy atom. The van der Waals surface area contributed by atoms with Crippen molar-refractivity contribution in [1.82, 2.24) is 9.55 Å². The van der Waals surface area contributed by atoms with Gasteiger partial charge in [-0.25, -0.2) is 4.98 Å². The first kappa shape index (κ1) is 15.2. The number of hydrogen-bond acceptors (Lipinski definition) is 6. The summed E-state index contributed by atoms with van der Waals surface area (Å²) < 4.78 is 6.68. The number of nitrogens with zero attached hydrogens (tertiary/aromatic N) is 3. The van der Waals surface area contributed by atoms with E-state index in [1.54, 1.807) is 6.21 Å². The van der Waals surface area contributed by atoms with Crippen molar-refractivity contribution in [2.45, 2.75) is 6.42 Å². The van der Waals surface area contributed by atoms with Crippen LogP contribution in [0.15, 0.2) is 40.9 Å². The lowest BCUT2D eigenvalue weighted by molar-refractivity contribution is -0.139. The van der Waals surface area contributed by atoms with Gasteiger partial charge in [0.2, 0.25) is 5.13 Å². The maximum absolute atomic E-state index is 11.2. The molecule has 23 heavy (non-hydrogen) atoms. The second-order valence-corrected chi connectivity index (χ2v) is 5.84. The van der Waals surface area contributed by atoms with Gasteiger partial charge in [-0.3, -0.25) is 10.2 Å². The van der Waals surface area contributed by atoms with Gasteiger partial charge in [0, 0.05) is 35.1 Å². The molecule has 0 atom stereocenters. The number of methoxy groups -OCH3 is 1. The van der Waals surface area contributed by atoms with E-state index >= 15 is 0 Å². The fraction of sp³-hybridized carbons (Fsp3) is 0.188. The normalized spacial score (nSPS) is 11.2. The third-order valence-corrected chi connectivity index (χ3v) is 4.19. The molecule has 0 aliphatic heterocycles. The molecule has 0 aliphatic carbocycles. The maximum Gasteiger partial charge on any atom is 0.311 e. The molecule has 0 spiro atoms. The van der Waals surface area contributed by atoms with E-state index in [1.807, 2.05) is 30.8 Å². The number of benzene rings is 1. The highest BCUT2D eigenvalue weighted by atomic mass is 32.1. The average Bonchev–Trinajstić information content (AvgIpc) is 3.13. The Kier molecular flexibility index (Phi) is 4.38. The Morgan fingerprint density at radius 3 is 3.13 bits per heavy atom. The monoisotopic (exact) mass is 328 g/mol. The number of ether oxygens (including phenoxy) is 1. The number of nitrogens with one attached hydrogen (secondary N) is 1. The molecule has 0 saturated carbocycles. The van der Waals surface area contributed by atoms with E-state index in [2.05, 4.69) is 36.9 Å². The zero-order valence-corrected chi connectivity index (χ0v) is 13.6. The summed E-state index contributed by atoms with van der Waals surface area (Å²) in [7, 11) is 3.37. The van der Waals surface area contributed by atoms with Crippen LogP contribution in [0.1, 0.15) is 11.3 Å². The summed E-state index contributed by atoms with van der Waals surface area (Å²) >= 11 is 1.40. The molecule has 2 aromatic heterocycles. The van der Waals surface area contributed by atoms with Gasteiger partial charge in [-0.05, 0) is 6.07 Å². The smallest absolute Gasteiger partial charge is 0.311 e. The zero-order chi connectivity index (χ0) is 16.2. The largest absolute Gasteiger partial charge is 0.469 e. The number of esters is 1. The predicted octanol–water partition coefficient (Wildman–Crippen LogP) is 2.80. The van der Waals surface area contributed by atoms with E-state index in [4.69, 9.17) is 0 Å². The van der Waals surface area contributed by atoms with Gasteiger partial charge in [-0.1, -0.05) is 18.2 Å². The number of hydrazone groups is 1. The lowest BCUT2D eigenvalue weighted by Gasteiger charge is -1.95. The molecule has 2 heterocycles. The number of hydrogen-bond donors (Lipinski definition) is 1. The lowest BCUT2D eigenvalue weighted by Crippen LogP contribution is -2.04. The number of fused-ring (bicyclic) bond motifs is 1. The molecule has 1 N–H and O–H groups in total. The van der Waals surface area contributed by atoms with E-state index in [0.29, 0.717) is 10.8 Å². The summed E-state index contributed by atoms with van der Waals surface area (Å²) in [5.41, 5.74) is 5.75. The minimum Gasteiger partial charge on any atom is -0.469 e. The molecule has 7 heteroatoms. The van der Waals surface area contributed by atoms with Gasteiger partial charge in [0.1, 0.15) is 0 Å². The number of carbonyl (C=O) groups excluding carboxylic acids is 1. The van der Waals surface area contributed by atoms with Crippen LogP contribution in [0.2, 0.25) is 0 Å². The summed E-state index contributed by atoms with van der Waals surface area (Å²) in [5.74, 6) is -0.305. The minimum absolute atomic E-state index is 0.168. The quantitative estimate of drug-likeness (QED) is 0.444. The van der Waals surface area contributed by atoms with Crippen LogP contribution in [0, 0.1) is 0 Å². The zero-order valence-electron chi connectivity index (χ0n) is 12.8. The molecule has 0 aliphatic rings. The minimum atomic E-state index is -0.305. The van der Waals surface area contributed by atoms with Crippen LogP contribution in [0.4, 0.5) is 5.13 Å². The van der Waals surface area contributed by atoms with Crippen LogP contribution in [-0.4, -0.2) is 28.8 Å². The summed E-state index contributed by atoms with van der Waals surface area (Å²) in [6.45, 7) is 0. The van der Waals surface area contributed by atoms with E-state index in [-0.39, 0.29) is 12.4 Å². The van der Waals surface area contributed by atoms with Crippen LogP contribution < -0.4 is 5.43 Å². The number of rotatable bonds is 5. The Labute approximate surface area is 137 Å². The van der Waals surface area contributed by atoms with Crippen molar-refractivity contribution in [1.29, 1.82) is 0 Å². The number of carbonyl (C=O) groups is 1. The SMILES string of the molecule is COC(=O)Cc1csc(N/N=C\c2cn(C)c3ccccc23)n1. The van der Waals surface area contributed by atoms with Crippen molar-refractivity contribution in [3.05, 3.63) is 47.1 Å². The maximum atomic E-state index is 11.2. The van der Waals surface area contributed by atoms with E-state index in [0.717, 1.165) is 16.5 Å². The summed E-state index contributed by atoms with van der Waals surface area (Å²) in [6, 6.07) is 8.15. The van der Waals surface area contributed by atoms with Crippen molar-refractivity contribution in [2.24, 2.45) is 12.1 Å². The predicted molar refractivity (Wildman–Crippen MR) is 92.0 cm³/mol. The fourth-order valence-corrected chi connectivity index (χ4v) is 2.95. The van der Waals surface area contributed by atoms with Crippen molar-refractivity contribution >= 4 is 39.6 Å². The molecule has 3 aromatic rings. The van der Waals surface area contributed by atoms with Crippen molar-refractivity contribution in [3.63, 3.8) is 0 Å². The van der Waals surface area contributed by atoms with Gasteiger partial charge in [0.15, 0.2) is 0 Å². The Balaban J connectivity index is 1.70. The number of aryl methyl sites for hydroxylation is 1. The van der Waals surface area contributed by atoms with E-state index in [1.165, 1.54) is 18.4 Å². The molecular formula is C16H16N4O2S. The molecule has 1 aromatic carbocycles. The molecule has 3 rings (SSSR count). The molecule has 6 nitrogen and oxygen atoms in total. The van der Waals surface area contributed by atoms with Gasteiger partial charge in [0.25, 0.3) is 0 Å². The summed E-state index contributed by atoms with van der Waals surface area (Å²) in [4.78, 5) is 15.5. The highest BCUT2D eigenvalue weighted by Gasteiger charge is 2.07. The topological polar surface area (TPSA) is 68.5 Å². The van der Waals surface area contributed by atoms with E-state index < -0.39 is 0 Å². The van der Waals surface area contributed by atoms with Crippen molar-refractivity contribution in [2.75, 3.05) is 12.5 Å². The van der Waals surface area contributed by atoms with Gasteiger partial charge < -0.3 is 9.30 Å². The van der Waals surface area contributed by atoms with Gasteiger partial charge >= 0.3 is 5.97 Å². The molecule has 0 bridgehead atoms. The third kappa shape index (κ3) is 3.40. The summed E-state index contributed by atoms with van der Waals surface area (Å²) in [6.07, 6.45) is 3.96. The molecular weight excluding hydrogens is 312 g/mol. The first-order valence-corrected chi connectivity index (χ1v) is 7.89. The fourth-order valence-electron chi connectivity index (χ4n) is 2.29. The van der Waals surface area contributed by atoms with Crippen LogP contribution >= 0.6 is 11.3 Å². The van der Waals surface area contributed by atoms with Crippen LogP contribution in [0.5, 0.6) is 0 Å². The third-order valence-electron chi connectivity index (χ3n) is 3.40. The first-order chi connectivity index (χ1) is 11.2. The second kappa shape index (κ2) is 6.62. The molecule has 118 valence electrons. The molecule has 0 unspecified atom stereocenters. The summed E-state index contributed by atoms with van der Waals surface area (Å²) in [5, 5.41) is 7.83. The first-order valence-electron chi connectivity index (χ1n) is 7.01. The highest BCUT2D eigenvalue weighted by Crippen LogP contribution is 2.19. The number of thiazole rings is 1. The molecule has 0 amide bonds. The standard InChI is InChI=1S/C16H16N4O2S/c1-20-9-11(13-5-3-4-6-14(13)20)8-17-19-16-18-12(10-23-16)7-15(21)22-2/h3-6,8-10H,7H2,1-2H3,(H,18,19)/b17-8-. The highest BCUT2D eigenvalue weighted by molar-refractivity contribution is 7.13. The Morgan fingerprint density at radius 2 is 2.30 bits per heavy atom. The van der Waals surface area contributed by atoms with Crippen molar-refractivity contribution < 1.29 is 9.53 Å². The van der Waals surface area contributed by atoms with Crippen LogP contribution in [0.25, 0.3) is 10.9 Å². The van der Waals surface area contributed by atoms with Crippen molar-refractivity contribution in [3.8, 4) is 0 Å². The van der Waals surface area contributed by atoms with Crippen LogP contribution in [-0.2, 0) is 23.0 Å².